The maximum absolute atomic E-state index is 5.33. The molecule has 0 bridgehead atoms. The fourth-order valence-corrected chi connectivity index (χ4v) is 3.89. The summed E-state index contributed by atoms with van der Waals surface area (Å²) in [5.41, 5.74) is 2.58. The van der Waals surface area contributed by atoms with E-state index < -0.39 is 0 Å². The minimum atomic E-state index is 0.412. The van der Waals surface area contributed by atoms with Crippen LogP contribution in [0.25, 0.3) is 0 Å². The van der Waals surface area contributed by atoms with Crippen LogP contribution in [0.3, 0.4) is 0 Å². The van der Waals surface area contributed by atoms with Crippen LogP contribution in [0, 0.1) is 0 Å². The maximum Gasteiger partial charge on any atom is 0.122 e. The lowest BCUT2D eigenvalue weighted by Gasteiger charge is -2.26. The fourth-order valence-electron chi connectivity index (χ4n) is 2.76. The molecule has 1 N–H and O–H groups in total. The molecule has 1 atom stereocenters. The average molecular weight is 315 g/mol. The molecule has 2 aromatic carbocycles. The molecular formula is C18H21NO2S. The van der Waals surface area contributed by atoms with Gasteiger partial charge in [-0.2, -0.15) is 0 Å². The van der Waals surface area contributed by atoms with Crippen LogP contribution in [0.4, 0.5) is 0 Å². The first kappa shape index (κ1) is 15.3. The summed E-state index contributed by atoms with van der Waals surface area (Å²) in [5.74, 6) is 2.82. The van der Waals surface area contributed by atoms with E-state index in [2.05, 4.69) is 41.7 Å². The van der Waals surface area contributed by atoms with Gasteiger partial charge in [-0.1, -0.05) is 18.2 Å². The zero-order valence-corrected chi connectivity index (χ0v) is 13.8. The molecule has 116 valence electrons. The van der Waals surface area contributed by atoms with E-state index in [1.165, 1.54) is 16.0 Å². The molecule has 0 saturated carbocycles. The van der Waals surface area contributed by atoms with Gasteiger partial charge in [-0.15, -0.1) is 11.8 Å². The molecule has 1 heterocycles. The Kier molecular flexibility index (Phi) is 4.90. The first-order valence-corrected chi connectivity index (χ1v) is 8.46. The molecule has 0 saturated heterocycles. The Labute approximate surface area is 136 Å². The van der Waals surface area contributed by atoms with Crippen molar-refractivity contribution in [1.82, 2.24) is 5.32 Å². The number of hydrogen-bond donors (Lipinski definition) is 1. The number of thioether (sulfide) groups is 1. The second-order valence-electron chi connectivity index (χ2n) is 5.33. The molecule has 1 aliphatic rings. The number of rotatable bonds is 5. The minimum absolute atomic E-state index is 0.412. The van der Waals surface area contributed by atoms with Crippen molar-refractivity contribution in [2.45, 2.75) is 23.9 Å². The smallest absolute Gasteiger partial charge is 0.122 e. The summed E-state index contributed by atoms with van der Waals surface area (Å²) in [4.78, 5) is 1.40. The third-order valence-electron chi connectivity index (χ3n) is 3.92. The monoisotopic (exact) mass is 315 g/mol. The Bertz CT molecular complexity index is 622. The van der Waals surface area contributed by atoms with Crippen molar-refractivity contribution in [3.8, 4) is 11.5 Å². The Morgan fingerprint density at radius 3 is 2.55 bits per heavy atom. The van der Waals surface area contributed by atoms with Gasteiger partial charge < -0.3 is 14.8 Å². The van der Waals surface area contributed by atoms with Crippen molar-refractivity contribution >= 4 is 11.8 Å². The van der Waals surface area contributed by atoms with Gasteiger partial charge in [-0.05, 0) is 41.5 Å². The van der Waals surface area contributed by atoms with Gasteiger partial charge in [-0.3, -0.25) is 0 Å². The van der Waals surface area contributed by atoms with Crippen LogP contribution in [0.1, 0.15) is 23.6 Å². The lowest BCUT2D eigenvalue weighted by Crippen LogP contribution is -2.24. The van der Waals surface area contributed by atoms with Crippen LogP contribution >= 0.6 is 11.8 Å². The molecule has 0 aliphatic carbocycles. The van der Waals surface area contributed by atoms with Crippen molar-refractivity contribution in [3.63, 3.8) is 0 Å². The van der Waals surface area contributed by atoms with E-state index in [4.69, 9.17) is 9.47 Å². The van der Waals surface area contributed by atoms with Gasteiger partial charge in [0.2, 0.25) is 0 Å². The van der Waals surface area contributed by atoms with Crippen LogP contribution in [-0.2, 0) is 6.54 Å². The van der Waals surface area contributed by atoms with Crippen molar-refractivity contribution < 1.29 is 9.47 Å². The predicted molar refractivity (Wildman–Crippen MR) is 90.9 cm³/mol. The highest BCUT2D eigenvalue weighted by Gasteiger charge is 2.19. The predicted octanol–water partition coefficient (Wildman–Crippen LogP) is 4.03. The number of methoxy groups -OCH3 is 2. The Hall–Kier alpha value is -1.65. The molecule has 22 heavy (non-hydrogen) atoms. The highest BCUT2D eigenvalue weighted by atomic mass is 32.2. The standard InChI is InChI=1S/C18H21NO2S/c1-20-14-9-13(10-15(11-14)21-2)12-19-17-7-8-22-18-6-4-3-5-16(17)18/h3-6,9-11,17,19H,7-8,12H2,1-2H3/t17-/m0/s1. The molecule has 2 aromatic rings. The summed E-state index contributed by atoms with van der Waals surface area (Å²) < 4.78 is 10.7. The molecule has 3 nitrogen and oxygen atoms in total. The average Bonchev–Trinajstić information content (AvgIpc) is 2.59. The van der Waals surface area contributed by atoms with E-state index >= 15 is 0 Å². The quantitative estimate of drug-likeness (QED) is 0.902. The number of nitrogens with one attached hydrogen (secondary N) is 1. The number of fused-ring (bicyclic) bond motifs is 1. The summed E-state index contributed by atoms with van der Waals surface area (Å²) in [7, 11) is 3.36. The van der Waals surface area contributed by atoms with E-state index in [9.17, 15) is 0 Å². The largest absolute Gasteiger partial charge is 0.497 e. The van der Waals surface area contributed by atoms with Gasteiger partial charge in [0, 0.05) is 23.5 Å². The summed E-state index contributed by atoms with van der Waals surface area (Å²) >= 11 is 1.95. The molecular weight excluding hydrogens is 294 g/mol. The zero-order chi connectivity index (χ0) is 15.4. The van der Waals surface area contributed by atoms with Crippen molar-refractivity contribution in [2.24, 2.45) is 0 Å². The number of ether oxygens (including phenoxy) is 2. The minimum Gasteiger partial charge on any atom is -0.497 e. The molecule has 4 heteroatoms. The number of hydrogen-bond acceptors (Lipinski definition) is 4. The molecule has 0 amide bonds. The van der Waals surface area contributed by atoms with E-state index in [1.54, 1.807) is 14.2 Å². The molecule has 0 fully saturated rings. The van der Waals surface area contributed by atoms with Gasteiger partial charge in [0.15, 0.2) is 0 Å². The Morgan fingerprint density at radius 1 is 1.09 bits per heavy atom. The lowest BCUT2D eigenvalue weighted by molar-refractivity contribution is 0.392. The van der Waals surface area contributed by atoms with Crippen LogP contribution in [0.5, 0.6) is 11.5 Å². The third-order valence-corrected chi connectivity index (χ3v) is 5.04. The van der Waals surface area contributed by atoms with E-state index in [1.807, 2.05) is 17.8 Å². The molecule has 1 aliphatic heterocycles. The van der Waals surface area contributed by atoms with Gasteiger partial charge in [0.25, 0.3) is 0 Å². The Balaban J connectivity index is 1.73. The summed E-state index contributed by atoms with van der Waals surface area (Å²) in [5, 5.41) is 3.67. The zero-order valence-electron chi connectivity index (χ0n) is 13.0. The Morgan fingerprint density at radius 2 is 1.82 bits per heavy atom. The number of benzene rings is 2. The summed E-state index contributed by atoms with van der Waals surface area (Å²) in [6.45, 7) is 0.803. The van der Waals surface area contributed by atoms with Gasteiger partial charge in [0.1, 0.15) is 11.5 Å². The van der Waals surface area contributed by atoms with E-state index in [-0.39, 0.29) is 0 Å². The van der Waals surface area contributed by atoms with Crippen molar-refractivity contribution in [3.05, 3.63) is 53.6 Å². The maximum atomic E-state index is 5.33. The van der Waals surface area contributed by atoms with E-state index in [0.717, 1.165) is 30.2 Å². The highest BCUT2D eigenvalue weighted by molar-refractivity contribution is 7.99. The van der Waals surface area contributed by atoms with Crippen LogP contribution in [0.15, 0.2) is 47.4 Å². The highest BCUT2D eigenvalue weighted by Crippen LogP contribution is 2.36. The summed E-state index contributed by atoms with van der Waals surface area (Å²) in [6.07, 6.45) is 1.16. The molecule has 0 radical (unpaired) electrons. The van der Waals surface area contributed by atoms with Crippen molar-refractivity contribution in [2.75, 3.05) is 20.0 Å². The first-order valence-electron chi connectivity index (χ1n) is 7.47. The normalized spacial score (nSPS) is 16.9. The van der Waals surface area contributed by atoms with E-state index in [0.29, 0.717) is 6.04 Å². The lowest BCUT2D eigenvalue weighted by atomic mass is 10.0. The SMILES string of the molecule is COc1cc(CN[C@H]2CCSc3ccccc32)cc(OC)c1. The van der Waals surface area contributed by atoms with Crippen molar-refractivity contribution in [1.29, 1.82) is 0 Å². The van der Waals surface area contributed by atoms with Crippen LogP contribution in [0.2, 0.25) is 0 Å². The summed E-state index contributed by atoms with van der Waals surface area (Å²) in [6, 6.07) is 15.1. The fraction of sp³-hybridized carbons (Fsp3) is 0.333. The van der Waals surface area contributed by atoms with Crippen LogP contribution in [-0.4, -0.2) is 20.0 Å². The molecule has 3 rings (SSSR count). The topological polar surface area (TPSA) is 30.5 Å². The molecule has 0 spiro atoms. The third kappa shape index (κ3) is 3.39. The first-order chi connectivity index (χ1) is 10.8. The van der Waals surface area contributed by atoms with Gasteiger partial charge in [0.05, 0.1) is 14.2 Å². The van der Waals surface area contributed by atoms with Gasteiger partial charge in [-0.25, -0.2) is 0 Å². The second kappa shape index (κ2) is 7.07. The molecule has 0 unspecified atom stereocenters. The van der Waals surface area contributed by atoms with Gasteiger partial charge >= 0.3 is 0 Å². The second-order valence-corrected chi connectivity index (χ2v) is 6.47. The molecule has 0 aromatic heterocycles. The van der Waals surface area contributed by atoms with Crippen LogP contribution < -0.4 is 14.8 Å².